The smallest absolute Gasteiger partial charge is 0.303 e. The Balaban J connectivity index is 1.65. The Bertz CT molecular complexity index is 1180. The number of thiazole rings is 1. The van der Waals surface area contributed by atoms with Crippen LogP contribution in [0, 0.1) is 5.92 Å². The van der Waals surface area contributed by atoms with Gasteiger partial charge in [0.15, 0.2) is 6.10 Å². The van der Waals surface area contributed by atoms with Crippen LogP contribution < -0.4 is 0 Å². The van der Waals surface area contributed by atoms with E-state index in [0.717, 1.165) is 37.7 Å². The third-order valence-corrected chi connectivity index (χ3v) is 7.90. The average Bonchev–Trinajstić information content (AvgIpc) is 3.50. The summed E-state index contributed by atoms with van der Waals surface area (Å²) in [6.07, 6.45) is 2.70. The van der Waals surface area contributed by atoms with Crippen molar-refractivity contribution in [1.29, 1.82) is 0 Å². The summed E-state index contributed by atoms with van der Waals surface area (Å²) in [6.45, 7) is 6.71. The van der Waals surface area contributed by atoms with Crippen LogP contribution in [0.1, 0.15) is 56.4 Å². The van der Waals surface area contributed by atoms with Crippen LogP contribution in [0.15, 0.2) is 51.7 Å². The molecule has 2 aromatic heterocycles. The molecule has 0 bridgehead atoms. The number of aromatic nitrogens is 1. The van der Waals surface area contributed by atoms with Gasteiger partial charge in [0.25, 0.3) is 0 Å². The Morgan fingerprint density at radius 2 is 1.89 bits per heavy atom. The predicted molar refractivity (Wildman–Crippen MR) is 135 cm³/mol. The number of halogens is 1. The highest BCUT2D eigenvalue weighted by Gasteiger charge is 2.47. The monoisotopic (exact) mass is 561 g/mol. The molecule has 7 nitrogen and oxygen atoms in total. The number of furan rings is 1. The zero-order valence-electron chi connectivity index (χ0n) is 20.0. The van der Waals surface area contributed by atoms with Crippen LogP contribution in [0.25, 0.3) is 10.6 Å². The van der Waals surface area contributed by atoms with Crippen LogP contribution >= 0.6 is 27.3 Å². The highest BCUT2D eigenvalue weighted by Crippen LogP contribution is 2.41. The summed E-state index contributed by atoms with van der Waals surface area (Å²) < 4.78 is 24.2. The van der Waals surface area contributed by atoms with Crippen molar-refractivity contribution < 1.29 is 28.2 Å². The van der Waals surface area contributed by atoms with E-state index < -0.39 is 30.3 Å². The first-order chi connectivity index (χ1) is 16.8. The van der Waals surface area contributed by atoms with Crippen LogP contribution in [-0.2, 0) is 30.2 Å². The Kier molecular flexibility index (Phi) is 8.09. The van der Waals surface area contributed by atoms with Crippen molar-refractivity contribution in [2.45, 2.75) is 65.0 Å². The van der Waals surface area contributed by atoms with Gasteiger partial charge in [-0.15, -0.1) is 11.3 Å². The molecule has 1 saturated heterocycles. The predicted octanol–water partition coefficient (Wildman–Crippen LogP) is 6.11. The van der Waals surface area contributed by atoms with Crippen molar-refractivity contribution in [3.05, 3.63) is 63.4 Å². The maximum Gasteiger partial charge on any atom is 0.303 e. The lowest BCUT2D eigenvalue weighted by atomic mass is 9.84. The minimum atomic E-state index is -0.756. The Labute approximate surface area is 216 Å². The van der Waals surface area contributed by atoms with E-state index in [4.69, 9.17) is 18.6 Å². The molecule has 0 spiro atoms. The fourth-order valence-corrected chi connectivity index (χ4v) is 5.79. The molecule has 3 aromatic rings. The minimum Gasteiger partial charge on any atom is -0.463 e. The number of hydrogen-bond acceptors (Lipinski definition) is 8. The van der Waals surface area contributed by atoms with Crippen molar-refractivity contribution in [2.75, 3.05) is 0 Å². The van der Waals surface area contributed by atoms with Crippen LogP contribution in [0.2, 0.25) is 0 Å². The summed E-state index contributed by atoms with van der Waals surface area (Å²) in [5, 5.41) is 0.938. The molecule has 4 rings (SSSR count). The first-order valence-electron chi connectivity index (χ1n) is 11.5. The number of rotatable bonds is 7. The molecule has 0 saturated carbocycles. The van der Waals surface area contributed by atoms with Gasteiger partial charge < -0.3 is 18.6 Å². The van der Waals surface area contributed by atoms with Crippen molar-refractivity contribution in [3.8, 4) is 10.6 Å². The van der Waals surface area contributed by atoms with Gasteiger partial charge in [-0.05, 0) is 35.7 Å². The third-order valence-electron chi connectivity index (χ3n) is 6.11. The highest BCUT2D eigenvalue weighted by atomic mass is 79.9. The summed E-state index contributed by atoms with van der Waals surface area (Å²) in [6, 6.07) is 9.70. The molecule has 0 unspecified atom stereocenters. The molecule has 0 aliphatic carbocycles. The molecule has 0 amide bonds. The van der Waals surface area contributed by atoms with Gasteiger partial charge in [-0.3, -0.25) is 9.59 Å². The Morgan fingerprint density at radius 3 is 2.54 bits per heavy atom. The van der Waals surface area contributed by atoms with Gasteiger partial charge in [0.1, 0.15) is 18.0 Å². The second-order valence-corrected chi connectivity index (χ2v) is 10.6. The molecule has 1 aromatic carbocycles. The average molecular weight is 562 g/mol. The van der Waals surface area contributed by atoms with E-state index in [1.54, 1.807) is 17.6 Å². The van der Waals surface area contributed by atoms with E-state index in [1.807, 2.05) is 50.4 Å². The van der Waals surface area contributed by atoms with Crippen LogP contribution in [0.5, 0.6) is 0 Å². The fourth-order valence-electron chi connectivity index (χ4n) is 4.49. The molecule has 0 N–H and O–H groups in total. The summed E-state index contributed by atoms with van der Waals surface area (Å²) in [5.74, 6) is -0.206. The fraction of sp³-hybridized carbons (Fsp3) is 0.423. The van der Waals surface area contributed by atoms with Gasteiger partial charge in [0.2, 0.25) is 0 Å². The van der Waals surface area contributed by atoms with E-state index in [-0.39, 0.29) is 12.0 Å². The quantitative estimate of drug-likeness (QED) is 0.321. The van der Waals surface area contributed by atoms with Crippen LogP contribution in [0.3, 0.4) is 0 Å². The van der Waals surface area contributed by atoms with Crippen molar-refractivity contribution in [3.63, 3.8) is 0 Å². The standard InChI is InChI=1S/C26H28BrNO6S/c1-5-20-14(2)24(32-15(3)29)26(33-16(4)30)25(34-20)17-8-9-19(27)18(11-17)12-23-28-13-22(35-23)21-7-6-10-31-21/h6-11,13-14,20,24-26H,5,12H2,1-4H3/t14-,20-,24+,25+,26-/m1/s1. The van der Waals surface area contributed by atoms with Gasteiger partial charge in [0, 0.05) is 36.9 Å². The highest BCUT2D eigenvalue weighted by molar-refractivity contribution is 9.10. The normalized spacial score (nSPS) is 24.2. The van der Waals surface area contributed by atoms with Crippen molar-refractivity contribution in [1.82, 2.24) is 4.98 Å². The van der Waals surface area contributed by atoms with Crippen LogP contribution in [0.4, 0.5) is 0 Å². The van der Waals surface area contributed by atoms with Crippen LogP contribution in [-0.4, -0.2) is 35.2 Å². The molecule has 186 valence electrons. The first-order valence-corrected chi connectivity index (χ1v) is 13.1. The Morgan fingerprint density at radius 1 is 1.14 bits per heavy atom. The molecular formula is C26H28BrNO6S. The lowest BCUT2D eigenvalue weighted by Gasteiger charge is -2.44. The first kappa shape index (κ1) is 25.6. The number of hydrogen-bond donors (Lipinski definition) is 0. The lowest BCUT2D eigenvalue weighted by molar-refractivity contribution is -0.225. The number of benzene rings is 1. The van der Waals surface area contributed by atoms with Gasteiger partial charge in [-0.2, -0.15) is 0 Å². The largest absolute Gasteiger partial charge is 0.463 e. The molecule has 3 heterocycles. The molecule has 1 aliphatic heterocycles. The van der Waals surface area contributed by atoms with Gasteiger partial charge in [-0.25, -0.2) is 4.98 Å². The van der Waals surface area contributed by atoms with Gasteiger partial charge in [0.05, 0.1) is 22.3 Å². The summed E-state index contributed by atoms with van der Waals surface area (Å²) in [7, 11) is 0. The number of nitrogens with zero attached hydrogens (tertiary/aromatic N) is 1. The maximum atomic E-state index is 12.0. The molecule has 1 fully saturated rings. The minimum absolute atomic E-state index is 0.130. The summed E-state index contributed by atoms with van der Waals surface area (Å²) >= 11 is 5.23. The van der Waals surface area contributed by atoms with Crippen molar-refractivity contribution >= 4 is 39.2 Å². The van der Waals surface area contributed by atoms with E-state index in [9.17, 15) is 9.59 Å². The molecular weight excluding hydrogens is 534 g/mol. The molecule has 5 atom stereocenters. The molecule has 1 aliphatic rings. The zero-order chi connectivity index (χ0) is 25.1. The second-order valence-electron chi connectivity index (χ2n) is 8.63. The van der Waals surface area contributed by atoms with Gasteiger partial charge >= 0.3 is 11.9 Å². The maximum absolute atomic E-state index is 12.0. The topological polar surface area (TPSA) is 87.9 Å². The number of carbonyl (C=O) groups is 2. The van der Waals surface area contributed by atoms with E-state index in [2.05, 4.69) is 20.9 Å². The molecule has 0 radical (unpaired) electrons. The lowest BCUT2D eigenvalue weighted by Crippen LogP contribution is -2.52. The zero-order valence-corrected chi connectivity index (χ0v) is 22.4. The van der Waals surface area contributed by atoms with E-state index in [1.165, 1.54) is 13.8 Å². The van der Waals surface area contributed by atoms with E-state index in [0.29, 0.717) is 6.42 Å². The summed E-state index contributed by atoms with van der Waals surface area (Å²) in [5.41, 5.74) is 1.86. The number of esters is 2. The number of carbonyl (C=O) groups excluding carboxylic acids is 2. The molecule has 9 heteroatoms. The van der Waals surface area contributed by atoms with Gasteiger partial charge in [-0.1, -0.05) is 41.9 Å². The molecule has 35 heavy (non-hydrogen) atoms. The van der Waals surface area contributed by atoms with Crippen molar-refractivity contribution in [2.24, 2.45) is 5.92 Å². The second kappa shape index (κ2) is 11.1. The summed E-state index contributed by atoms with van der Waals surface area (Å²) in [4.78, 5) is 29.4. The third kappa shape index (κ3) is 5.85. The van der Waals surface area contributed by atoms with E-state index >= 15 is 0 Å². The SMILES string of the molecule is CC[C@H]1O[C@@H](c2ccc(Br)c(Cc3ncc(-c4ccco4)s3)c2)[C@H](OC(C)=O)[C@@H](OC(C)=O)[C@@H]1C. The Hall–Kier alpha value is -2.49. The number of ether oxygens (including phenoxy) is 3.